The van der Waals surface area contributed by atoms with Gasteiger partial charge in [0, 0.05) is 38.6 Å². The molecule has 3 heterocycles. The molecule has 170 valence electrons. The van der Waals surface area contributed by atoms with Gasteiger partial charge >= 0.3 is 0 Å². The van der Waals surface area contributed by atoms with E-state index in [-0.39, 0.29) is 11.6 Å². The molecule has 1 aliphatic heterocycles. The predicted octanol–water partition coefficient (Wildman–Crippen LogP) is 5.34. The summed E-state index contributed by atoms with van der Waals surface area (Å²) in [6.07, 6.45) is 3.17. The lowest BCUT2D eigenvalue weighted by Crippen LogP contribution is -2.40. The lowest BCUT2D eigenvalue weighted by atomic mass is 10.1. The lowest BCUT2D eigenvalue weighted by molar-refractivity contribution is 0.303. The fourth-order valence-electron chi connectivity index (χ4n) is 5.02. The fraction of sp³-hybridized carbons (Fsp3) is 0.308. The van der Waals surface area contributed by atoms with Crippen molar-refractivity contribution in [2.45, 2.75) is 25.3 Å². The van der Waals surface area contributed by atoms with Crippen LogP contribution in [0.2, 0.25) is 0 Å². The van der Waals surface area contributed by atoms with E-state index in [2.05, 4.69) is 20.6 Å². The molecule has 1 aliphatic rings. The Balaban J connectivity index is 1.38. The summed E-state index contributed by atoms with van der Waals surface area (Å²) in [5.41, 5.74) is 3.32. The third-order valence-corrected chi connectivity index (χ3v) is 6.68. The molecule has 3 aromatic carbocycles. The second-order valence-electron chi connectivity index (χ2n) is 8.86. The molecule has 33 heavy (non-hydrogen) atoms. The molecule has 5 aromatic rings. The van der Waals surface area contributed by atoms with Crippen LogP contribution in [0.25, 0.3) is 43.6 Å². The van der Waals surface area contributed by atoms with Crippen molar-refractivity contribution in [3.05, 3.63) is 54.1 Å². The first-order valence-corrected chi connectivity index (χ1v) is 11.6. The predicted molar refractivity (Wildman–Crippen MR) is 129 cm³/mol. The van der Waals surface area contributed by atoms with E-state index in [1.54, 1.807) is 12.1 Å². The smallest absolute Gasteiger partial charge is 0.167 e. The molecule has 0 amide bonds. The zero-order chi connectivity index (χ0) is 22.4. The van der Waals surface area contributed by atoms with E-state index >= 15 is 0 Å². The molecule has 0 bridgehead atoms. The van der Waals surface area contributed by atoms with Crippen LogP contribution < -0.4 is 15.4 Å². The topological polar surface area (TPSA) is 64.9 Å². The number of hydrogen-bond acceptors (Lipinski definition) is 3. The molecule has 0 radical (unpaired) electrons. The quantitative estimate of drug-likeness (QED) is 0.265. The number of hydrogen-bond donors (Lipinski definition) is 4. The van der Waals surface area contributed by atoms with Gasteiger partial charge in [0.2, 0.25) is 0 Å². The molecule has 4 N–H and O–H groups in total. The van der Waals surface area contributed by atoms with Gasteiger partial charge in [-0.15, -0.1) is 0 Å². The van der Waals surface area contributed by atoms with Gasteiger partial charge < -0.3 is 25.3 Å². The van der Waals surface area contributed by atoms with Gasteiger partial charge in [-0.25, -0.2) is 8.78 Å². The third kappa shape index (κ3) is 3.71. The van der Waals surface area contributed by atoms with Crippen LogP contribution in [0.4, 0.5) is 8.78 Å². The Labute approximate surface area is 189 Å². The average Bonchev–Trinajstić information content (AvgIpc) is 3.37. The first kappa shape index (κ1) is 20.4. The normalized spacial score (nSPS) is 15.3. The highest BCUT2D eigenvalue weighted by molar-refractivity contribution is 6.20. The summed E-state index contributed by atoms with van der Waals surface area (Å²) in [5.74, 6) is 0.109. The standard InChI is InChI=1S/C26H26F2N4O/c27-15-2-4-22-18(12-15)20-14-21-19-13-16(28)3-5-23(19)32-25(21)26(24(20)31-22)33-11-1-8-30-17-6-9-29-10-7-17/h2-5,12-14,17,29-32H,1,6-11H2. The summed E-state index contributed by atoms with van der Waals surface area (Å²) in [6.45, 7) is 3.56. The van der Waals surface area contributed by atoms with E-state index in [1.807, 2.05) is 6.07 Å². The number of piperidine rings is 1. The highest BCUT2D eigenvalue weighted by Crippen LogP contribution is 2.41. The van der Waals surface area contributed by atoms with Gasteiger partial charge in [-0.1, -0.05) is 0 Å². The van der Waals surface area contributed by atoms with Crippen molar-refractivity contribution in [2.24, 2.45) is 0 Å². The monoisotopic (exact) mass is 448 g/mol. The molecule has 0 saturated carbocycles. The van der Waals surface area contributed by atoms with Crippen molar-refractivity contribution >= 4 is 43.6 Å². The van der Waals surface area contributed by atoms with Crippen LogP contribution in [-0.4, -0.2) is 42.3 Å². The molecule has 5 nitrogen and oxygen atoms in total. The van der Waals surface area contributed by atoms with E-state index < -0.39 is 0 Å². The van der Waals surface area contributed by atoms with Crippen LogP contribution in [0, 0.1) is 11.6 Å². The minimum atomic E-state index is -0.292. The Hall–Kier alpha value is -3.16. The number of fused-ring (bicyclic) bond motifs is 6. The maximum atomic E-state index is 14.0. The molecular weight excluding hydrogens is 422 g/mol. The summed E-state index contributed by atoms with van der Waals surface area (Å²) in [5, 5.41) is 10.3. The zero-order valence-electron chi connectivity index (χ0n) is 18.2. The second-order valence-corrected chi connectivity index (χ2v) is 8.86. The number of aromatic amines is 2. The Bertz CT molecular complexity index is 1370. The third-order valence-electron chi connectivity index (χ3n) is 6.68. The van der Waals surface area contributed by atoms with Crippen LogP contribution >= 0.6 is 0 Å². The Morgan fingerprint density at radius 3 is 2.03 bits per heavy atom. The van der Waals surface area contributed by atoms with Crippen LogP contribution in [-0.2, 0) is 0 Å². The highest BCUT2D eigenvalue weighted by Gasteiger charge is 2.18. The molecule has 7 heteroatoms. The number of H-pyrrole nitrogens is 2. The summed E-state index contributed by atoms with van der Waals surface area (Å²) >= 11 is 0. The summed E-state index contributed by atoms with van der Waals surface area (Å²) in [4.78, 5) is 6.81. The van der Waals surface area contributed by atoms with E-state index in [9.17, 15) is 8.78 Å². The molecule has 0 atom stereocenters. The maximum Gasteiger partial charge on any atom is 0.167 e. The van der Waals surface area contributed by atoms with E-state index in [1.165, 1.54) is 24.3 Å². The SMILES string of the molecule is Fc1ccc2[nH]c3c(OCCCNC4CCNCC4)c4[nH]c5ccc(F)cc5c4cc3c2c1. The van der Waals surface area contributed by atoms with Crippen LogP contribution in [0.5, 0.6) is 5.75 Å². The highest BCUT2D eigenvalue weighted by atomic mass is 19.1. The van der Waals surface area contributed by atoms with Gasteiger partial charge in [0.25, 0.3) is 0 Å². The van der Waals surface area contributed by atoms with Crippen molar-refractivity contribution in [1.29, 1.82) is 0 Å². The van der Waals surface area contributed by atoms with Crippen molar-refractivity contribution in [3.8, 4) is 5.75 Å². The van der Waals surface area contributed by atoms with Gasteiger partial charge in [0.15, 0.2) is 5.75 Å². The van der Waals surface area contributed by atoms with Crippen molar-refractivity contribution in [3.63, 3.8) is 0 Å². The number of halogens is 2. The van der Waals surface area contributed by atoms with Gasteiger partial charge in [-0.05, 0) is 81.4 Å². The maximum absolute atomic E-state index is 14.0. The zero-order valence-corrected chi connectivity index (χ0v) is 18.2. The van der Waals surface area contributed by atoms with E-state index in [0.717, 1.165) is 82.5 Å². The molecule has 0 unspecified atom stereocenters. The van der Waals surface area contributed by atoms with Crippen molar-refractivity contribution in [2.75, 3.05) is 26.2 Å². The van der Waals surface area contributed by atoms with Crippen LogP contribution in [0.15, 0.2) is 42.5 Å². The summed E-state index contributed by atoms with van der Waals surface area (Å²) < 4.78 is 34.4. The Kier molecular flexibility index (Phi) is 5.15. The number of nitrogens with one attached hydrogen (secondary N) is 4. The van der Waals surface area contributed by atoms with Gasteiger partial charge in [0.1, 0.15) is 11.6 Å². The molecular formula is C26H26F2N4O. The van der Waals surface area contributed by atoms with Crippen LogP contribution in [0.1, 0.15) is 19.3 Å². The number of ether oxygens (including phenoxy) is 1. The molecule has 0 aliphatic carbocycles. The average molecular weight is 449 g/mol. The van der Waals surface area contributed by atoms with Crippen molar-refractivity contribution < 1.29 is 13.5 Å². The van der Waals surface area contributed by atoms with E-state index in [0.29, 0.717) is 18.4 Å². The number of aromatic nitrogens is 2. The molecule has 0 spiro atoms. The summed E-state index contributed by atoms with van der Waals surface area (Å²) in [7, 11) is 0. The first-order valence-electron chi connectivity index (χ1n) is 11.6. The fourth-order valence-corrected chi connectivity index (χ4v) is 5.02. The van der Waals surface area contributed by atoms with Gasteiger partial charge in [-0.3, -0.25) is 0 Å². The minimum absolute atomic E-state index is 0.292. The largest absolute Gasteiger partial charge is 0.489 e. The summed E-state index contributed by atoms with van der Waals surface area (Å²) in [6, 6.07) is 12.0. The first-order chi connectivity index (χ1) is 16.2. The minimum Gasteiger partial charge on any atom is -0.489 e. The Morgan fingerprint density at radius 1 is 0.818 bits per heavy atom. The molecule has 2 aromatic heterocycles. The van der Waals surface area contributed by atoms with Gasteiger partial charge in [0.05, 0.1) is 17.6 Å². The molecule has 6 rings (SSSR count). The van der Waals surface area contributed by atoms with Gasteiger partial charge in [-0.2, -0.15) is 0 Å². The Morgan fingerprint density at radius 2 is 1.42 bits per heavy atom. The van der Waals surface area contributed by atoms with E-state index in [4.69, 9.17) is 4.74 Å². The molecule has 1 fully saturated rings. The molecule has 1 saturated heterocycles. The number of benzene rings is 3. The second kappa shape index (κ2) is 8.32. The van der Waals surface area contributed by atoms with Crippen molar-refractivity contribution in [1.82, 2.24) is 20.6 Å². The lowest BCUT2D eigenvalue weighted by Gasteiger charge is -2.23. The van der Waals surface area contributed by atoms with Crippen LogP contribution in [0.3, 0.4) is 0 Å². The number of rotatable bonds is 6.